The molecule has 2 N–H and O–H groups in total. The Bertz CT molecular complexity index is 371. The number of hydrogen-bond acceptors (Lipinski definition) is 1. The van der Waals surface area contributed by atoms with Crippen molar-refractivity contribution in [1.82, 2.24) is 0 Å². The van der Waals surface area contributed by atoms with Gasteiger partial charge >= 0.3 is 0 Å². The van der Waals surface area contributed by atoms with Gasteiger partial charge in [-0.15, -0.1) is 0 Å². The molecule has 1 rings (SSSR count). The fraction of sp³-hybridized carbons (Fsp3) is 0. The van der Waals surface area contributed by atoms with E-state index in [9.17, 15) is 4.21 Å². The van der Waals surface area contributed by atoms with Crippen LogP contribution in [0.1, 0.15) is 11.1 Å². The summed E-state index contributed by atoms with van der Waals surface area (Å²) in [4.78, 5) is 0.598. The third-order valence-corrected chi connectivity index (χ3v) is 2.45. The SMILES string of the molecule is C=Cc1ccc(S(N)=O)cc1C=C. The number of rotatable bonds is 3. The van der Waals surface area contributed by atoms with Gasteiger partial charge < -0.3 is 0 Å². The van der Waals surface area contributed by atoms with Crippen molar-refractivity contribution in [2.45, 2.75) is 4.90 Å². The minimum Gasteiger partial charge on any atom is -0.248 e. The summed E-state index contributed by atoms with van der Waals surface area (Å²) >= 11 is 0. The first-order valence-electron chi connectivity index (χ1n) is 3.74. The average Bonchev–Trinajstić information content (AvgIpc) is 2.16. The Hall–Kier alpha value is -1.19. The molecule has 68 valence electrons. The molecule has 0 aromatic heterocycles. The lowest BCUT2D eigenvalue weighted by Gasteiger charge is -2.02. The predicted molar refractivity (Wildman–Crippen MR) is 57.2 cm³/mol. The van der Waals surface area contributed by atoms with Crippen LogP contribution < -0.4 is 5.14 Å². The Kier molecular flexibility index (Phi) is 3.17. The zero-order chi connectivity index (χ0) is 9.84. The molecule has 1 aromatic rings. The van der Waals surface area contributed by atoms with Crippen molar-refractivity contribution in [1.29, 1.82) is 0 Å². The maximum Gasteiger partial charge on any atom is 0.122 e. The highest BCUT2D eigenvalue weighted by Gasteiger charge is 2.01. The van der Waals surface area contributed by atoms with Crippen molar-refractivity contribution in [3.63, 3.8) is 0 Å². The highest BCUT2D eigenvalue weighted by Crippen LogP contribution is 2.15. The third kappa shape index (κ3) is 2.14. The van der Waals surface area contributed by atoms with Crippen LogP contribution in [0.15, 0.2) is 36.3 Å². The van der Waals surface area contributed by atoms with Crippen LogP contribution in [0.3, 0.4) is 0 Å². The second kappa shape index (κ2) is 4.16. The highest BCUT2D eigenvalue weighted by molar-refractivity contribution is 7.82. The van der Waals surface area contributed by atoms with Crippen LogP contribution in [0.25, 0.3) is 12.2 Å². The molecule has 0 fully saturated rings. The molecule has 0 saturated carbocycles. The third-order valence-electron chi connectivity index (χ3n) is 1.73. The molecule has 0 spiro atoms. The van der Waals surface area contributed by atoms with Gasteiger partial charge in [-0.2, -0.15) is 0 Å². The minimum atomic E-state index is -1.43. The molecule has 1 atom stereocenters. The molecule has 0 bridgehead atoms. The Balaban J connectivity index is 3.28. The first kappa shape index (κ1) is 9.89. The van der Waals surface area contributed by atoms with Crippen LogP contribution in [-0.4, -0.2) is 4.21 Å². The maximum atomic E-state index is 10.9. The van der Waals surface area contributed by atoms with Crippen LogP contribution >= 0.6 is 0 Å². The van der Waals surface area contributed by atoms with E-state index in [1.807, 2.05) is 6.07 Å². The molecular weight excluding hydrogens is 182 g/mol. The molecule has 0 saturated heterocycles. The van der Waals surface area contributed by atoms with Gasteiger partial charge in [0.1, 0.15) is 11.0 Å². The van der Waals surface area contributed by atoms with Gasteiger partial charge in [0.05, 0.1) is 4.90 Å². The molecule has 1 aromatic carbocycles. The Morgan fingerprint density at radius 3 is 2.31 bits per heavy atom. The van der Waals surface area contributed by atoms with E-state index in [4.69, 9.17) is 5.14 Å². The van der Waals surface area contributed by atoms with E-state index in [0.29, 0.717) is 4.90 Å². The van der Waals surface area contributed by atoms with Gasteiger partial charge in [-0.25, -0.2) is 9.35 Å². The lowest BCUT2D eigenvalue weighted by Crippen LogP contribution is -2.02. The number of hydrogen-bond donors (Lipinski definition) is 1. The molecule has 0 aliphatic rings. The van der Waals surface area contributed by atoms with E-state index >= 15 is 0 Å². The second-order valence-electron chi connectivity index (χ2n) is 2.50. The van der Waals surface area contributed by atoms with Crippen molar-refractivity contribution in [2.24, 2.45) is 5.14 Å². The molecule has 0 radical (unpaired) electrons. The van der Waals surface area contributed by atoms with Crippen molar-refractivity contribution in [2.75, 3.05) is 0 Å². The molecule has 0 aliphatic heterocycles. The summed E-state index contributed by atoms with van der Waals surface area (Å²) < 4.78 is 10.9. The molecule has 0 aliphatic carbocycles. The van der Waals surface area contributed by atoms with Gasteiger partial charge in [0.2, 0.25) is 0 Å². The summed E-state index contributed by atoms with van der Waals surface area (Å²) in [7, 11) is -1.43. The zero-order valence-corrected chi connectivity index (χ0v) is 8.01. The normalized spacial score (nSPS) is 12.1. The Labute approximate surface area is 80.4 Å². The van der Waals surface area contributed by atoms with E-state index in [-0.39, 0.29) is 0 Å². The van der Waals surface area contributed by atoms with E-state index in [2.05, 4.69) is 13.2 Å². The van der Waals surface area contributed by atoms with Gasteiger partial charge in [0.25, 0.3) is 0 Å². The molecule has 0 amide bonds. The van der Waals surface area contributed by atoms with Crippen LogP contribution in [0.2, 0.25) is 0 Å². The lowest BCUT2D eigenvalue weighted by molar-refractivity contribution is 0.684. The first-order valence-corrected chi connectivity index (χ1v) is 4.95. The van der Waals surface area contributed by atoms with E-state index < -0.39 is 11.0 Å². The van der Waals surface area contributed by atoms with E-state index in [0.717, 1.165) is 11.1 Å². The predicted octanol–water partition coefficient (Wildman–Crippen LogP) is 1.95. The van der Waals surface area contributed by atoms with Crippen molar-refractivity contribution in [3.05, 3.63) is 42.5 Å². The highest BCUT2D eigenvalue weighted by atomic mass is 32.2. The zero-order valence-electron chi connectivity index (χ0n) is 7.19. The van der Waals surface area contributed by atoms with Gasteiger partial charge in [-0.3, -0.25) is 0 Å². The van der Waals surface area contributed by atoms with Crippen LogP contribution in [0, 0.1) is 0 Å². The summed E-state index contributed by atoms with van der Waals surface area (Å²) in [6.45, 7) is 7.31. The Morgan fingerprint density at radius 1 is 1.23 bits per heavy atom. The molecular formula is C10H11NOS. The van der Waals surface area contributed by atoms with Crippen molar-refractivity contribution < 1.29 is 4.21 Å². The van der Waals surface area contributed by atoms with Crippen molar-refractivity contribution >= 4 is 23.1 Å². The monoisotopic (exact) mass is 193 g/mol. The number of benzene rings is 1. The smallest absolute Gasteiger partial charge is 0.122 e. The Morgan fingerprint density at radius 2 is 1.85 bits per heavy atom. The summed E-state index contributed by atoms with van der Waals surface area (Å²) in [5.74, 6) is 0. The minimum absolute atomic E-state index is 0.598. The van der Waals surface area contributed by atoms with Gasteiger partial charge in [0, 0.05) is 0 Å². The average molecular weight is 193 g/mol. The first-order chi connectivity index (χ1) is 6.19. The fourth-order valence-electron chi connectivity index (χ4n) is 1.04. The molecule has 1 unspecified atom stereocenters. The molecule has 0 heterocycles. The lowest BCUT2D eigenvalue weighted by atomic mass is 10.1. The van der Waals surface area contributed by atoms with Crippen LogP contribution in [-0.2, 0) is 11.0 Å². The van der Waals surface area contributed by atoms with Gasteiger partial charge in [0.15, 0.2) is 0 Å². The topological polar surface area (TPSA) is 43.1 Å². The largest absolute Gasteiger partial charge is 0.248 e. The molecule has 3 heteroatoms. The van der Waals surface area contributed by atoms with E-state index in [1.165, 1.54) is 0 Å². The van der Waals surface area contributed by atoms with E-state index in [1.54, 1.807) is 24.3 Å². The molecule has 13 heavy (non-hydrogen) atoms. The van der Waals surface area contributed by atoms with Gasteiger partial charge in [-0.05, 0) is 23.3 Å². The quantitative estimate of drug-likeness (QED) is 0.783. The summed E-state index contributed by atoms with van der Waals surface area (Å²) in [5, 5.41) is 5.24. The number of nitrogens with two attached hydrogens (primary N) is 1. The molecule has 2 nitrogen and oxygen atoms in total. The van der Waals surface area contributed by atoms with Gasteiger partial charge in [-0.1, -0.05) is 31.4 Å². The fourth-order valence-corrected chi connectivity index (χ4v) is 1.49. The second-order valence-corrected chi connectivity index (χ2v) is 3.56. The summed E-state index contributed by atoms with van der Waals surface area (Å²) in [6, 6.07) is 5.30. The summed E-state index contributed by atoms with van der Waals surface area (Å²) in [6.07, 6.45) is 3.41. The standard InChI is InChI=1S/C10H11NOS/c1-3-8-5-6-10(13(11)12)7-9(8)4-2/h3-7H,1-2,11H2. The maximum absolute atomic E-state index is 10.9. The van der Waals surface area contributed by atoms with Crippen LogP contribution in [0.5, 0.6) is 0 Å². The summed E-state index contributed by atoms with van der Waals surface area (Å²) in [5.41, 5.74) is 1.86. The van der Waals surface area contributed by atoms with Crippen LogP contribution in [0.4, 0.5) is 0 Å². The van der Waals surface area contributed by atoms with Crippen molar-refractivity contribution in [3.8, 4) is 0 Å².